The normalized spacial score (nSPS) is 11.2. The summed E-state index contributed by atoms with van der Waals surface area (Å²) in [4.78, 5) is 11.8. The van der Waals surface area contributed by atoms with Gasteiger partial charge in [0.25, 0.3) is 0 Å². The van der Waals surface area contributed by atoms with Crippen LogP contribution in [0.25, 0.3) is 11.1 Å². The van der Waals surface area contributed by atoms with Gasteiger partial charge in [0, 0.05) is 20.8 Å². The third-order valence-corrected chi connectivity index (χ3v) is 3.73. The van der Waals surface area contributed by atoms with Crippen LogP contribution >= 0.6 is 27.3 Å². The number of carbonyl (C=O) groups excluding carboxylic acids is 1. The Balaban J connectivity index is 2.17. The highest BCUT2D eigenvalue weighted by Crippen LogP contribution is 2.32. The van der Waals surface area contributed by atoms with Crippen LogP contribution in [-0.4, -0.2) is 11.7 Å². The summed E-state index contributed by atoms with van der Waals surface area (Å²) in [7, 11) is 0. The van der Waals surface area contributed by atoms with Crippen LogP contribution in [0.2, 0.25) is 0 Å². The first-order chi connectivity index (χ1) is 9.35. The van der Waals surface area contributed by atoms with Gasteiger partial charge in [0.05, 0.1) is 5.69 Å². The smallest absolute Gasteiger partial charge is 0.412 e. The summed E-state index contributed by atoms with van der Waals surface area (Å²) in [6.07, 6.45) is -0.436. The number of hydrogen-bond acceptors (Lipinski definition) is 3. The summed E-state index contributed by atoms with van der Waals surface area (Å²) in [6.45, 7) is 5.53. The molecule has 1 aromatic carbocycles. The molecule has 0 aliphatic rings. The summed E-state index contributed by atoms with van der Waals surface area (Å²) in [6, 6.07) is 7.97. The van der Waals surface area contributed by atoms with Gasteiger partial charge in [-0.25, -0.2) is 4.79 Å². The van der Waals surface area contributed by atoms with Crippen molar-refractivity contribution in [1.29, 1.82) is 0 Å². The van der Waals surface area contributed by atoms with Gasteiger partial charge < -0.3 is 4.74 Å². The van der Waals surface area contributed by atoms with Gasteiger partial charge in [-0.05, 0) is 38.5 Å². The van der Waals surface area contributed by atoms with Crippen molar-refractivity contribution in [2.75, 3.05) is 5.32 Å². The van der Waals surface area contributed by atoms with Gasteiger partial charge in [0.1, 0.15) is 5.60 Å². The Morgan fingerprint density at radius 1 is 1.20 bits per heavy atom. The number of thiophene rings is 1. The van der Waals surface area contributed by atoms with Crippen LogP contribution in [0.4, 0.5) is 10.5 Å². The van der Waals surface area contributed by atoms with E-state index in [0.717, 1.165) is 21.3 Å². The van der Waals surface area contributed by atoms with Gasteiger partial charge >= 0.3 is 6.09 Å². The molecule has 1 amide bonds. The SMILES string of the molecule is CC(C)(C)OC(=O)Nc1cscc1-c1ccc(Br)cc1. The molecule has 106 valence electrons. The molecular formula is C15H16BrNO2S. The molecule has 0 radical (unpaired) electrons. The zero-order valence-electron chi connectivity index (χ0n) is 11.6. The lowest BCUT2D eigenvalue weighted by atomic mass is 10.1. The quantitative estimate of drug-likeness (QED) is 0.771. The highest BCUT2D eigenvalue weighted by atomic mass is 79.9. The summed E-state index contributed by atoms with van der Waals surface area (Å²) in [5.41, 5.74) is 2.32. The number of anilines is 1. The van der Waals surface area contributed by atoms with E-state index in [1.54, 1.807) is 11.3 Å². The molecule has 20 heavy (non-hydrogen) atoms. The first-order valence-electron chi connectivity index (χ1n) is 6.17. The summed E-state index contributed by atoms with van der Waals surface area (Å²) in [5, 5.41) is 6.71. The zero-order chi connectivity index (χ0) is 14.8. The monoisotopic (exact) mass is 353 g/mol. The second-order valence-corrected chi connectivity index (χ2v) is 6.99. The molecule has 0 atom stereocenters. The van der Waals surface area contributed by atoms with Gasteiger partial charge in [-0.15, -0.1) is 11.3 Å². The fourth-order valence-electron chi connectivity index (χ4n) is 1.66. The fraction of sp³-hybridized carbons (Fsp3) is 0.267. The van der Waals surface area contributed by atoms with Crippen molar-refractivity contribution in [2.45, 2.75) is 26.4 Å². The van der Waals surface area contributed by atoms with E-state index >= 15 is 0 Å². The molecule has 0 aliphatic carbocycles. The predicted molar refractivity (Wildman–Crippen MR) is 87.3 cm³/mol. The minimum absolute atomic E-state index is 0.436. The van der Waals surface area contributed by atoms with Crippen molar-refractivity contribution in [2.24, 2.45) is 0 Å². The maximum Gasteiger partial charge on any atom is 0.412 e. The van der Waals surface area contributed by atoms with E-state index in [1.165, 1.54) is 0 Å². The third-order valence-electron chi connectivity index (χ3n) is 2.45. The topological polar surface area (TPSA) is 38.3 Å². The van der Waals surface area contributed by atoms with Gasteiger partial charge in [-0.1, -0.05) is 28.1 Å². The van der Waals surface area contributed by atoms with Gasteiger partial charge in [0.2, 0.25) is 0 Å². The maximum atomic E-state index is 11.8. The van der Waals surface area contributed by atoms with Crippen LogP contribution in [0.1, 0.15) is 20.8 Å². The molecule has 0 saturated heterocycles. The molecule has 0 saturated carbocycles. The number of rotatable bonds is 2. The highest BCUT2D eigenvalue weighted by Gasteiger charge is 2.17. The van der Waals surface area contributed by atoms with Crippen LogP contribution in [-0.2, 0) is 4.74 Å². The second-order valence-electron chi connectivity index (χ2n) is 5.33. The fourth-order valence-corrected chi connectivity index (χ4v) is 2.71. The Kier molecular flexibility index (Phi) is 4.50. The molecule has 5 heteroatoms. The molecule has 3 nitrogen and oxygen atoms in total. The largest absolute Gasteiger partial charge is 0.444 e. The summed E-state index contributed by atoms with van der Waals surface area (Å²) >= 11 is 4.96. The number of amides is 1. The second kappa shape index (κ2) is 5.97. The van der Waals surface area contributed by atoms with E-state index in [-0.39, 0.29) is 0 Å². The van der Waals surface area contributed by atoms with E-state index in [1.807, 2.05) is 55.8 Å². The lowest BCUT2D eigenvalue weighted by Gasteiger charge is -2.19. The first-order valence-corrected chi connectivity index (χ1v) is 7.91. The Labute approximate surface area is 131 Å². The average Bonchev–Trinajstić information content (AvgIpc) is 2.75. The van der Waals surface area contributed by atoms with Crippen molar-refractivity contribution in [3.05, 3.63) is 39.5 Å². The lowest BCUT2D eigenvalue weighted by Crippen LogP contribution is -2.27. The number of hydrogen-bond donors (Lipinski definition) is 1. The van der Waals surface area contributed by atoms with Gasteiger partial charge in [-0.2, -0.15) is 0 Å². The van der Waals surface area contributed by atoms with E-state index < -0.39 is 11.7 Å². The Hall–Kier alpha value is -1.33. The Morgan fingerprint density at radius 3 is 2.45 bits per heavy atom. The molecule has 1 heterocycles. The molecule has 0 unspecified atom stereocenters. The zero-order valence-corrected chi connectivity index (χ0v) is 14.0. The number of halogens is 1. The molecular weight excluding hydrogens is 338 g/mol. The number of benzene rings is 1. The minimum atomic E-state index is -0.502. The summed E-state index contributed by atoms with van der Waals surface area (Å²) in [5.74, 6) is 0. The molecule has 0 spiro atoms. The maximum absolute atomic E-state index is 11.8. The van der Waals surface area contributed by atoms with Crippen molar-refractivity contribution in [3.8, 4) is 11.1 Å². The molecule has 1 N–H and O–H groups in total. The van der Waals surface area contributed by atoms with E-state index in [4.69, 9.17) is 4.74 Å². The number of ether oxygens (including phenoxy) is 1. The van der Waals surface area contributed by atoms with E-state index in [0.29, 0.717) is 0 Å². The third kappa shape index (κ3) is 4.08. The molecule has 1 aromatic heterocycles. The molecule has 0 fully saturated rings. The van der Waals surface area contributed by atoms with Crippen LogP contribution in [0.5, 0.6) is 0 Å². The van der Waals surface area contributed by atoms with Crippen LogP contribution in [0.15, 0.2) is 39.5 Å². The van der Waals surface area contributed by atoms with Crippen molar-refractivity contribution in [1.82, 2.24) is 0 Å². The minimum Gasteiger partial charge on any atom is -0.444 e. The van der Waals surface area contributed by atoms with E-state index in [9.17, 15) is 4.79 Å². The van der Waals surface area contributed by atoms with Crippen LogP contribution in [0.3, 0.4) is 0 Å². The Morgan fingerprint density at radius 2 is 1.85 bits per heavy atom. The number of carbonyl (C=O) groups is 1. The van der Waals surface area contributed by atoms with Crippen molar-refractivity contribution >= 4 is 39.0 Å². The summed E-state index contributed by atoms with van der Waals surface area (Å²) < 4.78 is 6.29. The van der Waals surface area contributed by atoms with E-state index in [2.05, 4.69) is 21.2 Å². The molecule has 2 rings (SSSR count). The van der Waals surface area contributed by atoms with Gasteiger partial charge in [0.15, 0.2) is 0 Å². The average molecular weight is 354 g/mol. The van der Waals surface area contributed by atoms with Crippen molar-refractivity contribution in [3.63, 3.8) is 0 Å². The predicted octanol–water partition coefficient (Wildman–Crippen LogP) is 5.52. The van der Waals surface area contributed by atoms with Crippen molar-refractivity contribution < 1.29 is 9.53 Å². The number of nitrogens with one attached hydrogen (secondary N) is 1. The molecule has 2 aromatic rings. The molecule has 0 bridgehead atoms. The van der Waals surface area contributed by atoms with Crippen LogP contribution < -0.4 is 5.32 Å². The standard InChI is InChI=1S/C15H16BrNO2S/c1-15(2,3)19-14(18)17-13-9-20-8-12(13)10-4-6-11(16)7-5-10/h4-9H,1-3H3,(H,17,18). The Bertz CT molecular complexity index is 599. The first kappa shape index (κ1) is 15.1. The lowest BCUT2D eigenvalue weighted by molar-refractivity contribution is 0.0636. The highest BCUT2D eigenvalue weighted by molar-refractivity contribution is 9.10. The molecule has 0 aliphatic heterocycles. The van der Waals surface area contributed by atoms with Gasteiger partial charge in [-0.3, -0.25) is 5.32 Å². The van der Waals surface area contributed by atoms with Crippen LogP contribution in [0, 0.1) is 0 Å².